The van der Waals surface area contributed by atoms with Crippen LogP contribution in [0.25, 0.3) is 6.08 Å². The monoisotopic (exact) mass is 561 g/mol. The number of piperazine rings is 1. The summed E-state index contributed by atoms with van der Waals surface area (Å²) in [6.07, 6.45) is 7.74. The molecule has 2 aromatic carbocycles. The molecule has 0 radical (unpaired) electrons. The lowest BCUT2D eigenvalue weighted by Crippen LogP contribution is -2.49. The molecule has 0 aliphatic carbocycles. The van der Waals surface area contributed by atoms with Crippen LogP contribution in [0.1, 0.15) is 24.0 Å². The van der Waals surface area contributed by atoms with Crippen LogP contribution in [-0.4, -0.2) is 77.2 Å². The summed E-state index contributed by atoms with van der Waals surface area (Å²) in [5.41, 5.74) is 2.62. The van der Waals surface area contributed by atoms with Crippen LogP contribution in [0.5, 0.6) is 0 Å². The first kappa shape index (κ1) is 27.7. The van der Waals surface area contributed by atoms with E-state index in [1.54, 1.807) is 0 Å². The summed E-state index contributed by atoms with van der Waals surface area (Å²) in [6.45, 7) is 6.07. The van der Waals surface area contributed by atoms with Crippen molar-refractivity contribution in [2.24, 2.45) is 5.92 Å². The molecule has 0 atom stereocenters. The molecule has 204 valence electrons. The van der Waals surface area contributed by atoms with Crippen molar-refractivity contribution >= 4 is 41.2 Å². The Kier molecular flexibility index (Phi) is 9.92. The van der Waals surface area contributed by atoms with Crippen LogP contribution < -0.4 is 4.90 Å². The molecule has 2 fully saturated rings. The van der Waals surface area contributed by atoms with Gasteiger partial charge in [-0.15, -0.1) is 0 Å². The fourth-order valence-electron chi connectivity index (χ4n) is 5.23. The third-order valence-corrected chi connectivity index (χ3v) is 8.52. The number of piperidine rings is 1. The van der Waals surface area contributed by atoms with Gasteiger partial charge in [0.25, 0.3) is 0 Å². The Bertz CT molecular complexity index is 1230. The molecular formula is C31H36ClN5OS. The molecule has 6 nitrogen and oxygen atoms in total. The molecule has 39 heavy (non-hydrogen) atoms. The topological polar surface area (TPSA) is 52.6 Å². The average Bonchev–Trinajstić information content (AvgIpc) is 2.97. The van der Waals surface area contributed by atoms with Crippen LogP contribution in [0.4, 0.5) is 5.82 Å². The summed E-state index contributed by atoms with van der Waals surface area (Å²) >= 11 is 7.75. The van der Waals surface area contributed by atoms with E-state index in [2.05, 4.69) is 69.4 Å². The van der Waals surface area contributed by atoms with Crippen molar-refractivity contribution in [3.63, 3.8) is 0 Å². The van der Waals surface area contributed by atoms with Crippen molar-refractivity contribution in [2.45, 2.75) is 24.4 Å². The first-order chi connectivity index (χ1) is 19.1. The largest absolute Gasteiger partial charge is 0.356 e. The van der Waals surface area contributed by atoms with Crippen LogP contribution in [0.3, 0.4) is 0 Å². The van der Waals surface area contributed by atoms with Crippen LogP contribution >= 0.6 is 23.4 Å². The summed E-state index contributed by atoms with van der Waals surface area (Å²) in [5.74, 6) is 2.01. The zero-order chi connectivity index (χ0) is 26.9. The Balaban J connectivity index is 1.06. The van der Waals surface area contributed by atoms with Crippen molar-refractivity contribution in [3.05, 3.63) is 89.1 Å². The van der Waals surface area contributed by atoms with E-state index in [-0.39, 0.29) is 5.91 Å². The number of halogens is 1. The zero-order valence-corrected chi connectivity index (χ0v) is 23.9. The lowest BCUT2D eigenvalue weighted by Gasteiger charge is -2.34. The summed E-state index contributed by atoms with van der Waals surface area (Å²) in [4.78, 5) is 28.7. The number of benzene rings is 2. The average molecular weight is 562 g/mol. The molecule has 2 saturated heterocycles. The third kappa shape index (κ3) is 8.31. The highest BCUT2D eigenvalue weighted by Crippen LogP contribution is 2.28. The number of rotatable bonds is 9. The SMILES string of the molecule is O=C(CSc1nc(Cl)cc(N2CCC(Cc3ccccc3)CC2)n1)N1CCN(CC=Cc2ccccc2)CC1. The molecule has 1 amide bonds. The summed E-state index contributed by atoms with van der Waals surface area (Å²) < 4.78 is 0. The molecule has 0 saturated carbocycles. The molecule has 0 unspecified atom stereocenters. The predicted molar refractivity (Wildman–Crippen MR) is 161 cm³/mol. The number of amides is 1. The van der Waals surface area contributed by atoms with E-state index in [9.17, 15) is 4.79 Å². The molecule has 0 spiro atoms. The number of aromatic nitrogens is 2. The van der Waals surface area contributed by atoms with E-state index in [1.807, 2.05) is 29.2 Å². The van der Waals surface area contributed by atoms with Crippen LogP contribution in [0, 0.1) is 5.92 Å². The Morgan fingerprint density at radius 2 is 1.62 bits per heavy atom. The first-order valence-electron chi connectivity index (χ1n) is 13.8. The van der Waals surface area contributed by atoms with Gasteiger partial charge in [0.2, 0.25) is 5.91 Å². The summed E-state index contributed by atoms with van der Waals surface area (Å²) in [7, 11) is 0. The van der Waals surface area contributed by atoms with Crippen molar-refractivity contribution in [1.82, 2.24) is 19.8 Å². The van der Waals surface area contributed by atoms with Gasteiger partial charge in [-0.05, 0) is 36.3 Å². The number of hydrogen-bond donors (Lipinski definition) is 0. The molecule has 0 bridgehead atoms. The number of nitrogens with zero attached hydrogens (tertiary/aromatic N) is 5. The van der Waals surface area contributed by atoms with Crippen LogP contribution in [-0.2, 0) is 11.2 Å². The maximum absolute atomic E-state index is 12.9. The first-order valence-corrected chi connectivity index (χ1v) is 15.2. The van der Waals surface area contributed by atoms with E-state index in [0.29, 0.717) is 22.0 Å². The second-order valence-electron chi connectivity index (χ2n) is 10.2. The smallest absolute Gasteiger partial charge is 0.233 e. The van der Waals surface area contributed by atoms with Gasteiger partial charge in [0, 0.05) is 51.9 Å². The number of anilines is 1. The maximum Gasteiger partial charge on any atom is 0.233 e. The lowest BCUT2D eigenvalue weighted by molar-refractivity contribution is -0.130. The number of thioether (sulfide) groups is 1. The van der Waals surface area contributed by atoms with E-state index in [4.69, 9.17) is 16.6 Å². The molecular weight excluding hydrogens is 526 g/mol. The van der Waals surface area contributed by atoms with Gasteiger partial charge in [0.15, 0.2) is 5.16 Å². The van der Waals surface area contributed by atoms with Gasteiger partial charge in [-0.3, -0.25) is 9.69 Å². The van der Waals surface area contributed by atoms with Crippen molar-refractivity contribution in [2.75, 3.05) is 56.5 Å². The highest BCUT2D eigenvalue weighted by atomic mass is 35.5. The third-order valence-electron chi connectivity index (χ3n) is 7.49. The van der Waals surface area contributed by atoms with Gasteiger partial charge in [0.1, 0.15) is 11.0 Å². The van der Waals surface area contributed by atoms with E-state index in [1.165, 1.54) is 22.9 Å². The highest BCUT2D eigenvalue weighted by molar-refractivity contribution is 7.99. The van der Waals surface area contributed by atoms with Crippen LogP contribution in [0.2, 0.25) is 5.15 Å². The predicted octanol–water partition coefficient (Wildman–Crippen LogP) is 5.54. The minimum atomic E-state index is 0.131. The van der Waals surface area contributed by atoms with Gasteiger partial charge in [-0.1, -0.05) is 96.2 Å². The fraction of sp³-hybridized carbons (Fsp3) is 0.387. The second kappa shape index (κ2) is 14.0. The molecule has 0 N–H and O–H groups in total. The highest BCUT2D eigenvalue weighted by Gasteiger charge is 2.23. The van der Waals surface area contributed by atoms with Crippen molar-refractivity contribution < 1.29 is 4.79 Å². The van der Waals surface area contributed by atoms with E-state index >= 15 is 0 Å². The minimum Gasteiger partial charge on any atom is -0.356 e. The van der Waals surface area contributed by atoms with Crippen molar-refractivity contribution in [1.29, 1.82) is 0 Å². The number of carbonyl (C=O) groups excluding carboxylic acids is 1. The van der Waals surface area contributed by atoms with Gasteiger partial charge in [-0.25, -0.2) is 9.97 Å². The Labute approximate surface area is 241 Å². The summed E-state index contributed by atoms with van der Waals surface area (Å²) in [5, 5.41) is 1.00. The Morgan fingerprint density at radius 1 is 0.923 bits per heavy atom. The van der Waals surface area contributed by atoms with Crippen LogP contribution in [0.15, 0.2) is 78.0 Å². The quantitative estimate of drug-likeness (QED) is 0.194. The van der Waals surface area contributed by atoms with Gasteiger partial charge < -0.3 is 9.80 Å². The molecule has 3 aromatic rings. The standard InChI is InChI=1S/C31H36ClN5OS/c32-28-23-29(36-16-13-27(14-17-36)22-26-10-5-2-6-11-26)34-31(33-28)39-24-30(38)37-20-18-35(19-21-37)15-7-12-25-8-3-1-4-9-25/h1-12,23,27H,13-22,24H2. The summed E-state index contributed by atoms with van der Waals surface area (Å²) in [6, 6.07) is 22.9. The molecule has 5 rings (SSSR count). The zero-order valence-electron chi connectivity index (χ0n) is 22.3. The Morgan fingerprint density at radius 3 is 2.33 bits per heavy atom. The number of hydrogen-bond acceptors (Lipinski definition) is 6. The molecule has 2 aliphatic heterocycles. The second-order valence-corrected chi connectivity index (χ2v) is 11.6. The normalized spacial score (nSPS) is 17.2. The molecule has 3 heterocycles. The van der Waals surface area contributed by atoms with Gasteiger partial charge >= 0.3 is 0 Å². The van der Waals surface area contributed by atoms with Crippen molar-refractivity contribution in [3.8, 4) is 0 Å². The lowest BCUT2D eigenvalue weighted by atomic mass is 9.90. The van der Waals surface area contributed by atoms with Gasteiger partial charge in [-0.2, -0.15) is 0 Å². The Hall–Kier alpha value is -2.87. The maximum atomic E-state index is 12.9. The fourth-order valence-corrected chi connectivity index (χ4v) is 6.21. The van der Waals surface area contributed by atoms with E-state index < -0.39 is 0 Å². The molecule has 2 aliphatic rings. The van der Waals surface area contributed by atoms with Gasteiger partial charge in [0.05, 0.1) is 5.75 Å². The minimum absolute atomic E-state index is 0.131. The molecule has 1 aromatic heterocycles. The van der Waals surface area contributed by atoms with E-state index in [0.717, 1.165) is 70.9 Å². The number of carbonyl (C=O) groups is 1. The molecule has 8 heteroatoms.